The Balaban J connectivity index is 1.64. The van der Waals surface area contributed by atoms with Crippen LogP contribution in [0.15, 0.2) is 34.5 Å². The van der Waals surface area contributed by atoms with Crippen LogP contribution in [0.3, 0.4) is 0 Å². The van der Waals surface area contributed by atoms with E-state index in [9.17, 15) is 4.79 Å². The van der Waals surface area contributed by atoms with Crippen LogP contribution < -0.4 is 5.43 Å². The van der Waals surface area contributed by atoms with E-state index in [-0.39, 0.29) is 11.2 Å². The minimum atomic E-state index is -0.200. The van der Waals surface area contributed by atoms with Crippen LogP contribution in [-0.2, 0) is 4.79 Å². The molecule has 0 aliphatic heterocycles. The summed E-state index contributed by atoms with van der Waals surface area (Å²) in [4.78, 5) is 20.3. The van der Waals surface area contributed by atoms with Gasteiger partial charge in [0.2, 0.25) is 0 Å². The van der Waals surface area contributed by atoms with Crippen molar-refractivity contribution < 1.29 is 4.79 Å². The third kappa shape index (κ3) is 3.98. The Labute approximate surface area is 146 Å². The summed E-state index contributed by atoms with van der Waals surface area (Å²) >= 11 is 1.46. The van der Waals surface area contributed by atoms with E-state index < -0.39 is 0 Å². The Morgan fingerprint density at radius 1 is 1.46 bits per heavy atom. The number of carbonyl (C=O) groups is 1. The van der Waals surface area contributed by atoms with Crippen LogP contribution in [-0.4, -0.2) is 26.8 Å². The summed E-state index contributed by atoms with van der Waals surface area (Å²) in [6.07, 6.45) is 5.32. The molecule has 0 bridgehead atoms. The molecule has 0 radical (unpaired) electrons. The van der Waals surface area contributed by atoms with Crippen LogP contribution in [0.1, 0.15) is 46.0 Å². The number of benzene rings is 1. The molecule has 1 amide bonds. The highest BCUT2D eigenvalue weighted by Crippen LogP contribution is 2.26. The molecule has 1 heterocycles. The summed E-state index contributed by atoms with van der Waals surface area (Å²) in [7, 11) is 0. The maximum atomic E-state index is 12.5. The molecule has 1 saturated carbocycles. The van der Waals surface area contributed by atoms with E-state index in [2.05, 4.69) is 27.4 Å². The first kappa shape index (κ1) is 17.0. The number of amides is 1. The lowest BCUT2D eigenvalue weighted by atomic mass is 9.89. The van der Waals surface area contributed by atoms with E-state index in [1.807, 2.05) is 31.2 Å². The van der Waals surface area contributed by atoms with Crippen LogP contribution in [0.2, 0.25) is 0 Å². The Hall–Kier alpha value is -1.82. The molecule has 128 valence electrons. The largest absolute Gasteiger partial charge is 0.333 e. The number of carbonyl (C=O) groups excluding carboxylic acids is 1. The zero-order valence-corrected chi connectivity index (χ0v) is 15.0. The second-order valence-electron chi connectivity index (χ2n) is 6.30. The third-order valence-electron chi connectivity index (χ3n) is 4.48. The SMILES string of the molecule is CC[C@H](Sc1nc2ccccc2[nH]1)C(=O)N/N=C1\CCCC[C@@H]1C. The highest BCUT2D eigenvalue weighted by molar-refractivity contribution is 8.00. The van der Waals surface area contributed by atoms with E-state index in [1.165, 1.54) is 31.0 Å². The van der Waals surface area contributed by atoms with Gasteiger partial charge in [-0.1, -0.05) is 44.2 Å². The fourth-order valence-corrected chi connectivity index (χ4v) is 3.89. The summed E-state index contributed by atoms with van der Waals surface area (Å²) in [5.41, 5.74) is 5.81. The summed E-state index contributed by atoms with van der Waals surface area (Å²) < 4.78 is 0. The third-order valence-corrected chi connectivity index (χ3v) is 5.73. The summed E-state index contributed by atoms with van der Waals surface area (Å²) in [5, 5.41) is 4.97. The van der Waals surface area contributed by atoms with Gasteiger partial charge in [0.1, 0.15) is 0 Å². The van der Waals surface area contributed by atoms with E-state index in [1.54, 1.807) is 0 Å². The first-order valence-corrected chi connectivity index (χ1v) is 9.53. The predicted molar refractivity (Wildman–Crippen MR) is 99.2 cm³/mol. The number of rotatable bonds is 5. The molecule has 1 aromatic heterocycles. The fourth-order valence-electron chi connectivity index (χ4n) is 2.98. The summed E-state index contributed by atoms with van der Waals surface area (Å²) in [6.45, 7) is 4.20. The molecule has 6 heteroatoms. The van der Waals surface area contributed by atoms with Crippen molar-refractivity contribution in [2.75, 3.05) is 0 Å². The van der Waals surface area contributed by atoms with Crippen LogP contribution in [0.5, 0.6) is 0 Å². The lowest BCUT2D eigenvalue weighted by Crippen LogP contribution is -2.31. The number of hydrazone groups is 1. The van der Waals surface area contributed by atoms with Crippen LogP contribution in [0.4, 0.5) is 0 Å². The molecule has 1 aliphatic rings. The predicted octanol–water partition coefficient (Wildman–Crippen LogP) is 4.12. The smallest absolute Gasteiger partial charge is 0.253 e. The lowest BCUT2D eigenvalue weighted by molar-refractivity contribution is -0.120. The van der Waals surface area contributed by atoms with Gasteiger partial charge in [0.25, 0.3) is 5.91 Å². The van der Waals surface area contributed by atoms with Gasteiger partial charge in [-0.25, -0.2) is 10.4 Å². The summed E-state index contributed by atoms with van der Waals surface area (Å²) in [6, 6.07) is 7.89. The molecule has 2 aromatic rings. The van der Waals surface area contributed by atoms with Crippen LogP contribution in [0.25, 0.3) is 11.0 Å². The van der Waals surface area contributed by atoms with Gasteiger partial charge in [0.05, 0.1) is 16.3 Å². The lowest BCUT2D eigenvalue weighted by Gasteiger charge is -2.20. The number of hydrogen-bond acceptors (Lipinski definition) is 4. The van der Waals surface area contributed by atoms with E-state index >= 15 is 0 Å². The van der Waals surface area contributed by atoms with E-state index in [0.717, 1.165) is 34.7 Å². The van der Waals surface area contributed by atoms with Crippen molar-refractivity contribution in [2.24, 2.45) is 11.0 Å². The molecular weight excluding hydrogens is 320 g/mol. The first-order valence-electron chi connectivity index (χ1n) is 8.65. The maximum Gasteiger partial charge on any atom is 0.253 e. The standard InChI is InChI=1S/C18H24N4OS/c1-3-16(17(23)22-21-13-9-5-4-8-12(13)2)24-18-19-14-10-6-7-11-15(14)20-18/h6-7,10-12,16H,3-5,8-9H2,1-2H3,(H,19,20)(H,22,23)/b21-13+/t12-,16-/m0/s1. The first-order chi connectivity index (χ1) is 11.7. The van der Waals surface area contributed by atoms with Crippen molar-refractivity contribution >= 4 is 34.4 Å². The van der Waals surface area contributed by atoms with Gasteiger partial charge < -0.3 is 4.98 Å². The molecule has 3 rings (SSSR count). The molecule has 0 saturated heterocycles. The Morgan fingerprint density at radius 2 is 2.29 bits per heavy atom. The molecule has 5 nitrogen and oxygen atoms in total. The maximum absolute atomic E-state index is 12.5. The number of thioether (sulfide) groups is 1. The highest BCUT2D eigenvalue weighted by Gasteiger charge is 2.21. The number of H-pyrrole nitrogens is 1. The average molecular weight is 344 g/mol. The molecule has 0 unspecified atom stereocenters. The fraction of sp³-hybridized carbons (Fsp3) is 0.500. The normalized spacial score (nSPS) is 21.1. The quantitative estimate of drug-likeness (QED) is 0.633. The van der Waals surface area contributed by atoms with Gasteiger partial charge in [-0.15, -0.1) is 0 Å². The van der Waals surface area contributed by atoms with Crippen LogP contribution >= 0.6 is 11.8 Å². The van der Waals surface area contributed by atoms with Gasteiger partial charge in [0, 0.05) is 5.71 Å². The van der Waals surface area contributed by atoms with Crippen molar-refractivity contribution in [1.29, 1.82) is 0 Å². The second kappa shape index (κ2) is 7.83. The van der Waals surface area contributed by atoms with Crippen molar-refractivity contribution in [3.05, 3.63) is 24.3 Å². The van der Waals surface area contributed by atoms with Crippen molar-refractivity contribution in [2.45, 2.75) is 56.4 Å². The van der Waals surface area contributed by atoms with E-state index in [0.29, 0.717) is 5.92 Å². The number of nitrogens with one attached hydrogen (secondary N) is 2. The highest BCUT2D eigenvalue weighted by atomic mass is 32.2. The number of para-hydroxylation sites is 2. The molecule has 24 heavy (non-hydrogen) atoms. The zero-order valence-electron chi connectivity index (χ0n) is 14.2. The van der Waals surface area contributed by atoms with Gasteiger partial charge in [-0.05, 0) is 43.7 Å². The number of nitrogens with zero attached hydrogens (tertiary/aromatic N) is 2. The summed E-state index contributed by atoms with van der Waals surface area (Å²) in [5.74, 6) is 0.426. The van der Waals surface area contributed by atoms with Gasteiger partial charge in [0.15, 0.2) is 5.16 Å². The zero-order chi connectivity index (χ0) is 16.9. The Bertz CT molecular complexity index is 706. The molecule has 2 atom stereocenters. The number of fused-ring (bicyclic) bond motifs is 1. The molecule has 1 fully saturated rings. The number of aromatic nitrogens is 2. The van der Waals surface area contributed by atoms with Gasteiger partial charge in [-0.3, -0.25) is 4.79 Å². The average Bonchev–Trinajstić information content (AvgIpc) is 3.01. The molecule has 1 aliphatic carbocycles. The molecular formula is C18H24N4OS. The Kier molecular flexibility index (Phi) is 5.56. The van der Waals surface area contributed by atoms with Crippen molar-refractivity contribution in [3.63, 3.8) is 0 Å². The van der Waals surface area contributed by atoms with Crippen LogP contribution in [0, 0.1) is 5.92 Å². The van der Waals surface area contributed by atoms with Gasteiger partial charge in [-0.2, -0.15) is 5.10 Å². The molecule has 2 N–H and O–H groups in total. The number of aromatic amines is 1. The number of hydrogen-bond donors (Lipinski definition) is 2. The van der Waals surface area contributed by atoms with Crippen molar-refractivity contribution in [3.8, 4) is 0 Å². The van der Waals surface area contributed by atoms with Gasteiger partial charge >= 0.3 is 0 Å². The Morgan fingerprint density at radius 3 is 3.04 bits per heavy atom. The van der Waals surface area contributed by atoms with E-state index in [4.69, 9.17) is 0 Å². The minimum absolute atomic E-state index is 0.0479. The molecule has 1 aromatic carbocycles. The second-order valence-corrected chi connectivity index (χ2v) is 7.49. The molecule has 0 spiro atoms. The monoisotopic (exact) mass is 344 g/mol. The number of imidazole rings is 1. The van der Waals surface area contributed by atoms with Crippen molar-refractivity contribution in [1.82, 2.24) is 15.4 Å². The topological polar surface area (TPSA) is 70.1 Å². The minimum Gasteiger partial charge on any atom is -0.333 e.